The van der Waals surface area contributed by atoms with E-state index in [1.165, 1.54) is 7.11 Å². The predicted molar refractivity (Wildman–Crippen MR) is 35.0 cm³/mol. The van der Waals surface area contributed by atoms with Gasteiger partial charge in [0.05, 0.1) is 7.11 Å². The first-order chi connectivity index (χ1) is 4.76. The largest absolute Gasteiger partial charge is 0.482 e. The minimum atomic E-state index is 0.185. The Morgan fingerprint density at radius 2 is 2.10 bits per heavy atom. The molecule has 10 heavy (non-hydrogen) atoms. The molecule has 0 aromatic rings. The minimum Gasteiger partial charge on any atom is -0.482 e. The Labute approximate surface area is 58.9 Å². The van der Waals surface area contributed by atoms with Crippen molar-refractivity contribution in [2.45, 2.75) is 6.92 Å². The number of aldehydes is 1. The fourth-order valence-corrected chi connectivity index (χ4v) is 0.441. The van der Waals surface area contributed by atoms with Gasteiger partial charge in [-0.05, 0) is 6.92 Å². The highest BCUT2D eigenvalue weighted by molar-refractivity contribution is 5.73. The van der Waals surface area contributed by atoms with E-state index in [-0.39, 0.29) is 5.88 Å². The van der Waals surface area contributed by atoms with Gasteiger partial charge in [0.25, 0.3) is 0 Å². The summed E-state index contributed by atoms with van der Waals surface area (Å²) in [7, 11) is 1.37. The van der Waals surface area contributed by atoms with Crippen molar-refractivity contribution < 1.29 is 14.3 Å². The summed E-state index contributed by atoms with van der Waals surface area (Å²) in [6.45, 7) is 1.54. The standard InChI is InChI=1S/C6H9NO3/c1-5(3-8)6(10-2)7-4-9/h3-4H,1-2H3,(H,7,9)/b6-5+. The fraction of sp³-hybridized carbons (Fsp3) is 0.333. The Bertz CT molecular complexity index is 162. The number of hydrogen-bond acceptors (Lipinski definition) is 3. The summed E-state index contributed by atoms with van der Waals surface area (Å²) >= 11 is 0. The Hall–Kier alpha value is -1.32. The molecule has 0 unspecified atom stereocenters. The molecule has 0 aliphatic rings. The lowest BCUT2D eigenvalue weighted by Gasteiger charge is -2.03. The summed E-state index contributed by atoms with van der Waals surface area (Å²) in [5.41, 5.74) is 0.356. The van der Waals surface area contributed by atoms with E-state index in [1.54, 1.807) is 6.92 Å². The van der Waals surface area contributed by atoms with Crippen molar-refractivity contribution >= 4 is 12.7 Å². The zero-order chi connectivity index (χ0) is 7.98. The number of allylic oxidation sites excluding steroid dienone is 1. The number of amides is 1. The van der Waals surface area contributed by atoms with Gasteiger partial charge in [-0.2, -0.15) is 0 Å². The molecule has 0 rings (SSSR count). The predicted octanol–water partition coefficient (Wildman–Crippen LogP) is -0.191. The molecule has 0 aromatic carbocycles. The van der Waals surface area contributed by atoms with Crippen molar-refractivity contribution in [2.75, 3.05) is 7.11 Å². The van der Waals surface area contributed by atoms with Crippen molar-refractivity contribution in [3.05, 3.63) is 11.5 Å². The normalized spacial score (nSPS) is 11.4. The quantitative estimate of drug-likeness (QED) is 0.337. The molecule has 0 aliphatic heterocycles. The first-order valence-electron chi connectivity index (χ1n) is 2.66. The van der Waals surface area contributed by atoms with Crippen molar-refractivity contribution in [1.29, 1.82) is 0 Å². The number of carbonyl (C=O) groups excluding carboxylic acids is 2. The third-order valence-corrected chi connectivity index (χ3v) is 0.929. The SMILES string of the molecule is CO/C(NC=O)=C(\C)C=O. The van der Waals surface area contributed by atoms with Crippen LogP contribution in [0.1, 0.15) is 6.92 Å². The molecule has 0 radical (unpaired) electrons. The van der Waals surface area contributed by atoms with Crippen molar-refractivity contribution in [3.63, 3.8) is 0 Å². The maximum atomic E-state index is 10.1. The summed E-state index contributed by atoms with van der Waals surface area (Å²) in [6, 6.07) is 0. The zero-order valence-electron chi connectivity index (χ0n) is 5.88. The molecule has 0 spiro atoms. The average molecular weight is 143 g/mol. The molecule has 1 N–H and O–H groups in total. The van der Waals surface area contributed by atoms with Crippen molar-refractivity contribution in [1.82, 2.24) is 5.32 Å². The molecule has 0 saturated carbocycles. The lowest BCUT2D eigenvalue weighted by atomic mass is 10.3. The van der Waals surface area contributed by atoms with Crippen LogP contribution in [0.5, 0.6) is 0 Å². The highest BCUT2D eigenvalue weighted by Crippen LogP contribution is 1.95. The molecule has 0 fully saturated rings. The highest BCUT2D eigenvalue weighted by Gasteiger charge is 1.97. The Morgan fingerprint density at radius 1 is 1.50 bits per heavy atom. The highest BCUT2D eigenvalue weighted by atomic mass is 16.5. The Morgan fingerprint density at radius 3 is 2.40 bits per heavy atom. The third kappa shape index (κ3) is 2.30. The van der Waals surface area contributed by atoms with Gasteiger partial charge < -0.3 is 4.74 Å². The molecule has 0 aliphatic carbocycles. The van der Waals surface area contributed by atoms with E-state index in [1.807, 2.05) is 0 Å². The van der Waals surface area contributed by atoms with Gasteiger partial charge in [-0.3, -0.25) is 14.9 Å². The van der Waals surface area contributed by atoms with E-state index in [0.29, 0.717) is 18.3 Å². The number of nitrogens with one attached hydrogen (secondary N) is 1. The Kier molecular flexibility index (Phi) is 3.95. The van der Waals surface area contributed by atoms with E-state index >= 15 is 0 Å². The summed E-state index contributed by atoms with van der Waals surface area (Å²) in [5, 5.41) is 2.23. The maximum Gasteiger partial charge on any atom is 0.213 e. The number of carbonyl (C=O) groups is 2. The van der Waals surface area contributed by atoms with E-state index < -0.39 is 0 Å². The molecule has 0 aromatic heterocycles. The second kappa shape index (κ2) is 4.55. The van der Waals surface area contributed by atoms with Crippen molar-refractivity contribution in [2.24, 2.45) is 0 Å². The average Bonchev–Trinajstić information content (AvgIpc) is 1.99. The topological polar surface area (TPSA) is 55.4 Å². The molecule has 0 bridgehead atoms. The summed E-state index contributed by atoms with van der Waals surface area (Å²) in [5.74, 6) is 0.185. The van der Waals surface area contributed by atoms with Crippen LogP contribution in [0.25, 0.3) is 0 Å². The third-order valence-electron chi connectivity index (χ3n) is 0.929. The molecule has 0 atom stereocenters. The number of methoxy groups -OCH3 is 1. The molecule has 1 amide bonds. The van der Waals surface area contributed by atoms with Crippen LogP contribution in [0, 0.1) is 0 Å². The number of rotatable bonds is 4. The zero-order valence-corrected chi connectivity index (χ0v) is 5.88. The van der Waals surface area contributed by atoms with E-state index in [4.69, 9.17) is 0 Å². The molecule has 56 valence electrons. The van der Waals surface area contributed by atoms with Crippen LogP contribution in [0.15, 0.2) is 11.5 Å². The first-order valence-corrected chi connectivity index (χ1v) is 2.66. The van der Waals surface area contributed by atoms with Crippen LogP contribution in [0.4, 0.5) is 0 Å². The minimum absolute atomic E-state index is 0.185. The van der Waals surface area contributed by atoms with Crippen LogP contribution in [0.2, 0.25) is 0 Å². The molecule has 4 nitrogen and oxygen atoms in total. The molecule has 0 saturated heterocycles. The maximum absolute atomic E-state index is 10.1. The van der Waals surface area contributed by atoms with Crippen LogP contribution in [0.3, 0.4) is 0 Å². The smallest absolute Gasteiger partial charge is 0.213 e. The first kappa shape index (κ1) is 8.68. The lowest BCUT2D eigenvalue weighted by Crippen LogP contribution is -2.14. The fourth-order valence-electron chi connectivity index (χ4n) is 0.441. The molecular formula is C6H9NO3. The van der Waals surface area contributed by atoms with Crippen molar-refractivity contribution in [3.8, 4) is 0 Å². The second-order valence-corrected chi connectivity index (χ2v) is 1.60. The van der Waals surface area contributed by atoms with E-state index in [2.05, 4.69) is 10.1 Å². The van der Waals surface area contributed by atoms with Crippen LogP contribution in [-0.4, -0.2) is 19.8 Å². The molecular weight excluding hydrogens is 134 g/mol. The second-order valence-electron chi connectivity index (χ2n) is 1.60. The molecule has 4 heteroatoms. The van der Waals surface area contributed by atoms with Crippen LogP contribution in [-0.2, 0) is 14.3 Å². The van der Waals surface area contributed by atoms with Gasteiger partial charge in [-0.15, -0.1) is 0 Å². The molecule has 0 heterocycles. The van der Waals surface area contributed by atoms with Gasteiger partial charge in [-0.1, -0.05) is 0 Å². The summed E-state index contributed by atoms with van der Waals surface area (Å²) in [6.07, 6.45) is 1.06. The van der Waals surface area contributed by atoms with Crippen LogP contribution >= 0.6 is 0 Å². The van der Waals surface area contributed by atoms with Gasteiger partial charge in [0, 0.05) is 5.57 Å². The summed E-state index contributed by atoms with van der Waals surface area (Å²) in [4.78, 5) is 19.9. The lowest BCUT2D eigenvalue weighted by molar-refractivity contribution is -0.109. The van der Waals surface area contributed by atoms with E-state index in [0.717, 1.165) is 0 Å². The summed E-state index contributed by atoms with van der Waals surface area (Å²) < 4.78 is 4.65. The van der Waals surface area contributed by atoms with E-state index in [9.17, 15) is 9.59 Å². The van der Waals surface area contributed by atoms with Gasteiger partial charge in [0.2, 0.25) is 6.41 Å². The van der Waals surface area contributed by atoms with Crippen LogP contribution < -0.4 is 5.32 Å². The van der Waals surface area contributed by atoms with Gasteiger partial charge >= 0.3 is 0 Å². The monoisotopic (exact) mass is 143 g/mol. The number of hydrogen-bond donors (Lipinski definition) is 1. The van der Waals surface area contributed by atoms with Gasteiger partial charge in [0.1, 0.15) is 0 Å². The Balaban J connectivity index is 4.27. The van der Waals surface area contributed by atoms with Gasteiger partial charge in [-0.25, -0.2) is 0 Å². The number of ether oxygens (including phenoxy) is 1. The van der Waals surface area contributed by atoms with Gasteiger partial charge in [0.15, 0.2) is 12.2 Å².